The molecule has 1 fully saturated rings. The summed E-state index contributed by atoms with van der Waals surface area (Å²) < 4.78 is 13.8. The van der Waals surface area contributed by atoms with Crippen LogP contribution >= 0.6 is 0 Å². The molecule has 19 heavy (non-hydrogen) atoms. The average molecular weight is 266 g/mol. The van der Waals surface area contributed by atoms with Crippen LogP contribution in [0.3, 0.4) is 0 Å². The van der Waals surface area contributed by atoms with Crippen LogP contribution in [-0.4, -0.2) is 21.6 Å². The van der Waals surface area contributed by atoms with E-state index in [1.807, 2.05) is 0 Å². The molecule has 100 valence electrons. The number of amides is 2. The van der Waals surface area contributed by atoms with Crippen LogP contribution in [0.15, 0.2) is 18.2 Å². The summed E-state index contributed by atoms with van der Waals surface area (Å²) in [6.07, 6.45) is 0.968. The fourth-order valence-electron chi connectivity index (χ4n) is 1.98. The lowest BCUT2D eigenvalue weighted by Crippen LogP contribution is -2.39. The largest absolute Gasteiger partial charge is 0.305 e. The summed E-state index contributed by atoms with van der Waals surface area (Å²) >= 11 is 0. The molecule has 2 rings (SSSR count). The maximum Gasteiger partial charge on any atom is 0.305 e. The molecule has 0 aromatic heterocycles. The highest BCUT2D eigenvalue weighted by Gasteiger charge is 2.28. The third-order valence-corrected chi connectivity index (χ3v) is 2.97. The van der Waals surface area contributed by atoms with Gasteiger partial charge in [0.15, 0.2) is 0 Å². The quantitative estimate of drug-likeness (QED) is 0.474. The summed E-state index contributed by atoms with van der Waals surface area (Å²) in [5.41, 5.74) is -0.688. The lowest BCUT2D eigenvalue weighted by Gasteiger charge is -2.24. The summed E-state index contributed by atoms with van der Waals surface area (Å²) in [4.78, 5) is 33.9. The van der Waals surface area contributed by atoms with Crippen LogP contribution in [0, 0.1) is 15.9 Å². The summed E-state index contributed by atoms with van der Waals surface area (Å²) in [6, 6.07) is 3.70. The van der Waals surface area contributed by atoms with Gasteiger partial charge in [0, 0.05) is 24.5 Å². The fourth-order valence-corrected chi connectivity index (χ4v) is 1.98. The number of nitro groups is 1. The first-order chi connectivity index (χ1) is 9.00. The van der Waals surface area contributed by atoms with Crippen LogP contribution < -0.4 is 0 Å². The Balaban J connectivity index is 2.28. The average Bonchev–Trinajstić information content (AvgIpc) is 2.35. The lowest BCUT2D eigenvalue weighted by atomic mass is 10.1. The second-order valence-electron chi connectivity index (χ2n) is 4.23. The van der Waals surface area contributed by atoms with Crippen molar-refractivity contribution >= 4 is 17.5 Å². The zero-order valence-corrected chi connectivity index (χ0v) is 9.97. The molecule has 6 nitrogen and oxygen atoms in total. The first kappa shape index (κ1) is 13.1. The van der Waals surface area contributed by atoms with Crippen LogP contribution in [0.25, 0.3) is 0 Å². The number of imide groups is 1. The Kier molecular flexibility index (Phi) is 3.55. The van der Waals surface area contributed by atoms with E-state index in [0.717, 1.165) is 11.0 Å². The zero-order chi connectivity index (χ0) is 14.0. The molecule has 1 heterocycles. The smallest absolute Gasteiger partial charge is 0.278 e. The predicted octanol–water partition coefficient (Wildman–Crippen LogP) is 1.77. The normalized spacial score (nSPS) is 15.7. The van der Waals surface area contributed by atoms with E-state index >= 15 is 0 Å². The van der Waals surface area contributed by atoms with E-state index in [-0.39, 0.29) is 36.8 Å². The first-order valence-corrected chi connectivity index (χ1v) is 5.75. The number of carbonyl (C=O) groups excluding carboxylic acids is 2. The highest BCUT2D eigenvalue weighted by atomic mass is 19.1. The molecule has 0 saturated carbocycles. The number of piperidine rings is 1. The predicted molar refractivity (Wildman–Crippen MR) is 62.5 cm³/mol. The number of carbonyl (C=O) groups is 2. The summed E-state index contributed by atoms with van der Waals surface area (Å²) in [5, 5.41) is 10.6. The molecule has 1 saturated heterocycles. The van der Waals surface area contributed by atoms with Gasteiger partial charge < -0.3 is 0 Å². The van der Waals surface area contributed by atoms with Gasteiger partial charge in [-0.05, 0) is 6.42 Å². The molecule has 1 aliphatic rings. The van der Waals surface area contributed by atoms with Gasteiger partial charge in [-0.25, -0.2) is 0 Å². The Bertz CT molecular complexity index is 543. The van der Waals surface area contributed by atoms with Crippen molar-refractivity contribution in [3.05, 3.63) is 39.7 Å². The van der Waals surface area contributed by atoms with E-state index in [0.29, 0.717) is 6.42 Å². The van der Waals surface area contributed by atoms with Crippen molar-refractivity contribution in [2.45, 2.75) is 25.8 Å². The molecular formula is C12H11FN2O4. The molecule has 0 bridgehead atoms. The molecule has 0 spiro atoms. The molecule has 0 aliphatic carbocycles. The maximum atomic E-state index is 13.8. The van der Waals surface area contributed by atoms with Crippen molar-refractivity contribution < 1.29 is 18.9 Å². The SMILES string of the molecule is O=C1CCCC(=O)N1Cc1cccc([N+](=O)[O-])c1F. The van der Waals surface area contributed by atoms with Crippen molar-refractivity contribution in [1.29, 1.82) is 0 Å². The number of nitro benzene ring substituents is 1. The standard InChI is InChI=1S/C12H11FN2O4/c13-12-8(3-1-4-9(12)15(18)19)7-14-10(16)5-2-6-11(14)17/h1,3-4H,2,5-7H2. The Hall–Kier alpha value is -2.31. The molecule has 0 atom stereocenters. The Labute approximate surface area is 108 Å². The number of halogens is 1. The van der Waals surface area contributed by atoms with Gasteiger partial charge in [0.1, 0.15) is 0 Å². The van der Waals surface area contributed by atoms with Gasteiger partial charge in [0.05, 0.1) is 11.5 Å². The summed E-state index contributed by atoms with van der Waals surface area (Å²) in [7, 11) is 0. The molecular weight excluding hydrogens is 255 g/mol. The molecule has 2 amide bonds. The van der Waals surface area contributed by atoms with Gasteiger partial charge >= 0.3 is 5.69 Å². The third-order valence-electron chi connectivity index (χ3n) is 2.97. The van der Waals surface area contributed by atoms with Crippen molar-refractivity contribution in [3.8, 4) is 0 Å². The number of nitrogens with zero attached hydrogens (tertiary/aromatic N) is 2. The summed E-state index contributed by atoms with van der Waals surface area (Å²) in [5.74, 6) is -1.75. The number of rotatable bonds is 3. The van der Waals surface area contributed by atoms with Crippen molar-refractivity contribution in [3.63, 3.8) is 0 Å². The number of benzene rings is 1. The van der Waals surface area contributed by atoms with Gasteiger partial charge in [0.25, 0.3) is 0 Å². The minimum Gasteiger partial charge on any atom is -0.278 e. The molecule has 1 aromatic rings. The third kappa shape index (κ3) is 2.59. The van der Waals surface area contributed by atoms with Crippen LogP contribution in [0.1, 0.15) is 24.8 Å². The molecule has 0 radical (unpaired) electrons. The zero-order valence-electron chi connectivity index (χ0n) is 9.97. The molecule has 7 heteroatoms. The fraction of sp³-hybridized carbons (Fsp3) is 0.333. The van der Waals surface area contributed by atoms with Crippen LogP contribution in [0.5, 0.6) is 0 Å². The lowest BCUT2D eigenvalue weighted by molar-refractivity contribution is -0.387. The van der Waals surface area contributed by atoms with Gasteiger partial charge in [-0.3, -0.25) is 24.6 Å². The Morgan fingerprint density at radius 1 is 1.26 bits per heavy atom. The van der Waals surface area contributed by atoms with E-state index in [1.165, 1.54) is 12.1 Å². The summed E-state index contributed by atoms with van der Waals surface area (Å²) in [6.45, 7) is -0.259. The topological polar surface area (TPSA) is 80.5 Å². The minimum absolute atomic E-state index is 0.0298. The van der Waals surface area contributed by atoms with E-state index in [2.05, 4.69) is 0 Å². The maximum absolute atomic E-state index is 13.8. The molecule has 0 N–H and O–H groups in total. The number of hydrogen-bond donors (Lipinski definition) is 0. The second-order valence-corrected chi connectivity index (χ2v) is 4.23. The highest BCUT2D eigenvalue weighted by molar-refractivity contribution is 5.97. The van der Waals surface area contributed by atoms with E-state index in [4.69, 9.17) is 0 Å². The Morgan fingerprint density at radius 3 is 2.47 bits per heavy atom. The van der Waals surface area contributed by atoms with Crippen LogP contribution in [0.4, 0.5) is 10.1 Å². The van der Waals surface area contributed by atoms with Crippen LogP contribution in [-0.2, 0) is 16.1 Å². The van der Waals surface area contributed by atoms with E-state index < -0.39 is 16.4 Å². The Morgan fingerprint density at radius 2 is 1.89 bits per heavy atom. The van der Waals surface area contributed by atoms with Crippen molar-refractivity contribution in [1.82, 2.24) is 4.90 Å². The van der Waals surface area contributed by atoms with Gasteiger partial charge in [-0.1, -0.05) is 12.1 Å². The number of likely N-dealkylation sites (tertiary alicyclic amines) is 1. The molecule has 1 aromatic carbocycles. The van der Waals surface area contributed by atoms with Gasteiger partial charge in [-0.2, -0.15) is 4.39 Å². The molecule has 0 unspecified atom stereocenters. The van der Waals surface area contributed by atoms with Crippen molar-refractivity contribution in [2.24, 2.45) is 0 Å². The minimum atomic E-state index is -1.00. The highest BCUT2D eigenvalue weighted by Crippen LogP contribution is 2.23. The first-order valence-electron chi connectivity index (χ1n) is 5.75. The molecule has 1 aliphatic heterocycles. The van der Waals surface area contributed by atoms with Gasteiger partial charge in [0.2, 0.25) is 17.6 Å². The van der Waals surface area contributed by atoms with E-state index in [9.17, 15) is 24.1 Å². The number of hydrogen-bond acceptors (Lipinski definition) is 4. The second kappa shape index (κ2) is 5.13. The van der Waals surface area contributed by atoms with Gasteiger partial charge in [-0.15, -0.1) is 0 Å². The van der Waals surface area contributed by atoms with E-state index in [1.54, 1.807) is 0 Å². The van der Waals surface area contributed by atoms with Crippen molar-refractivity contribution in [2.75, 3.05) is 0 Å². The van der Waals surface area contributed by atoms with Crippen LogP contribution in [0.2, 0.25) is 0 Å². The monoisotopic (exact) mass is 266 g/mol.